The number of hydrogen-bond acceptors (Lipinski definition) is 7. The molecular formula is C24H27ClFN7O. The highest BCUT2D eigenvalue weighted by Gasteiger charge is 2.24. The lowest BCUT2D eigenvalue weighted by Gasteiger charge is -2.20. The van der Waals surface area contributed by atoms with Crippen LogP contribution in [0.2, 0.25) is 5.02 Å². The van der Waals surface area contributed by atoms with E-state index in [-0.39, 0.29) is 28.2 Å². The Kier molecular flexibility index (Phi) is 6.24. The highest BCUT2D eigenvalue weighted by Crippen LogP contribution is 2.41. The normalized spacial score (nSPS) is 16.6. The van der Waals surface area contributed by atoms with Crippen LogP contribution in [0, 0.1) is 12.7 Å². The fraction of sp³-hybridized carbons (Fsp3) is 0.375. The molecular weight excluding hydrogens is 457 g/mol. The maximum absolute atomic E-state index is 16.2. The summed E-state index contributed by atoms with van der Waals surface area (Å²) < 4.78 is 22.1. The minimum atomic E-state index is -0.527. The minimum absolute atomic E-state index is 0.123. The molecule has 0 aliphatic carbocycles. The van der Waals surface area contributed by atoms with Gasteiger partial charge in [-0.2, -0.15) is 15.1 Å². The van der Waals surface area contributed by atoms with E-state index in [1.165, 1.54) is 0 Å². The van der Waals surface area contributed by atoms with E-state index in [0.717, 1.165) is 35.9 Å². The number of likely N-dealkylation sites (N-methyl/N-ethyl adjacent to an activating group) is 1. The molecule has 0 bridgehead atoms. The molecule has 10 heteroatoms. The standard InChI is InChI=1S/C24H27ClFN7O/c1-13-5-6-18-16(11-29-32-18)19(13)20-17(25)10-15-22(21(20)26)30-24(31-23(15)28-8-7-27)34-12-14-4-3-9-33(14)2/h5-6,10-11,14H,3-4,7-9,12,27H2,1-2H3,(H,29,32)(H,28,30,31). The topological polar surface area (TPSA) is 105 Å². The number of aryl methyl sites for hydroxylation is 1. The molecule has 1 aliphatic rings. The van der Waals surface area contributed by atoms with Gasteiger partial charge in [-0.05, 0) is 51.1 Å². The first-order chi connectivity index (χ1) is 16.5. The third-order valence-electron chi connectivity index (χ3n) is 6.46. The fourth-order valence-electron chi connectivity index (χ4n) is 4.61. The molecule has 5 rings (SSSR count). The Morgan fingerprint density at radius 1 is 1.29 bits per heavy atom. The van der Waals surface area contributed by atoms with Crippen LogP contribution >= 0.6 is 11.6 Å². The molecule has 4 N–H and O–H groups in total. The van der Waals surface area contributed by atoms with Crippen LogP contribution in [0.3, 0.4) is 0 Å². The molecule has 178 valence electrons. The largest absolute Gasteiger partial charge is 0.462 e. The van der Waals surface area contributed by atoms with Crippen molar-refractivity contribution < 1.29 is 9.13 Å². The van der Waals surface area contributed by atoms with Gasteiger partial charge in [-0.3, -0.25) is 5.10 Å². The lowest BCUT2D eigenvalue weighted by molar-refractivity contribution is 0.188. The summed E-state index contributed by atoms with van der Waals surface area (Å²) in [5, 5.41) is 11.7. The van der Waals surface area contributed by atoms with E-state index in [2.05, 4.69) is 37.4 Å². The SMILES string of the molecule is Cc1ccc2[nH]ncc2c1-c1c(Cl)cc2c(NCCN)nc(OCC3CCCN3C)nc2c1F. The Morgan fingerprint density at radius 2 is 2.15 bits per heavy atom. The van der Waals surface area contributed by atoms with Gasteiger partial charge in [0.05, 0.1) is 16.7 Å². The summed E-state index contributed by atoms with van der Waals surface area (Å²) in [4.78, 5) is 11.2. The van der Waals surface area contributed by atoms with E-state index in [4.69, 9.17) is 22.1 Å². The maximum atomic E-state index is 16.2. The molecule has 2 aromatic carbocycles. The Morgan fingerprint density at radius 3 is 2.91 bits per heavy atom. The van der Waals surface area contributed by atoms with Crippen LogP contribution in [0.15, 0.2) is 24.4 Å². The molecule has 0 spiro atoms. The number of anilines is 1. The Hall–Kier alpha value is -3.01. The van der Waals surface area contributed by atoms with Gasteiger partial charge in [0.2, 0.25) is 0 Å². The molecule has 2 aromatic heterocycles. The van der Waals surface area contributed by atoms with E-state index < -0.39 is 5.82 Å². The van der Waals surface area contributed by atoms with Crippen LogP contribution in [0.1, 0.15) is 18.4 Å². The van der Waals surface area contributed by atoms with Crippen molar-refractivity contribution >= 4 is 39.2 Å². The number of nitrogens with two attached hydrogens (primary N) is 1. The van der Waals surface area contributed by atoms with Gasteiger partial charge in [0.15, 0.2) is 5.82 Å². The zero-order valence-electron chi connectivity index (χ0n) is 19.2. The van der Waals surface area contributed by atoms with Gasteiger partial charge in [-0.25, -0.2) is 4.39 Å². The van der Waals surface area contributed by atoms with Crippen LogP contribution in [0.4, 0.5) is 10.2 Å². The second kappa shape index (κ2) is 9.32. The average molecular weight is 484 g/mol. The molecule has 1 atom stereocenters. The monoisotopic (exact) mass is 483 g/mol. The fourth-order valence-corrected chi connectivity index (χ4v) is 4.90. The molecule has 0 radical (unpaired) electrons. The summed E-state index contributed by atoms with van der Waals surface area (Å²) in [6.07, 6.45) is 3.85. The van der Waals surface area contributed by atoms with Crippen molar-refractivity contribution in [2.75, 3.05) is 38.6 Å². The number of nitrogens with zero attached hydrogens (tertiary/aromatic N) is 4. The van der Waals surface area contributed by atoms with E-state index in [1.54, 1.807) is 12.3 Å². The number of aromatic amines is 1. The number of H-pyrrole nitrogens is 1. The van der Waals surface area contributed by atoms with Crippen molar-refractivity contribution in [1.82, 2.24) is 25.1 Å². The molecule has 8 nitrogen and oxygen atoms in total. The summed E-state index contributed by atoms with van der Waals surface area (Å²) in [6.45, 7) is 4.25. The number of aromatic nitrogens is 4. The summed E-state index contributed by atoms with van der Waals surface area (Å²) in [6, 6.07) is 5.93. The number of likely N-dealkylation sites (tertiary alicyclic amines) is 1. The van der Waals surface area contributed by atoms with Gasteiger partial charge in [-0.15, -0.1) is 0 Å². The number of hydrogen-bond donors (Lipinski definition) is 3. The smallest absolute Gasteiger partial charge is 0.319 e. The first kappa shape index (κ1) is 22.8. The van der Waals surface area contributed by atoms with Crippen LogP contribution in [-0.4, -0.2) is 64.4 Å². The van der Waals surface area contributed by atoms with Crippen LogP contribution in [0.5, 0.6) is 6.01 Å². The van der Waals surface area contributed by atoms with E-state index in [0.29, 0.717) is 36.5 Å². The highest BCUT2D eigenvalue weighted by molar-refractivity contribution is 6.35. The van der Waals surface area contributed by atoms with Crippen LogP contribution < -0.4 is 15.8 Å². The zero-order chi connectivity index (χ0) is 23.8. The first-order valence-corrected chi connectivity index (χ1v) is 11.8. The number of ether oxygens (including phenoxy) is 1. The molecule has 1 fully saturated rings. The summed E-state index contributed by atoms with van der Waals surface area (Å²) in [5.74, 6) is -0.0869. The lowest BCUT2D eigenvalue weighted by atomic mass is 9.95. The molecule has 1 aliphatic heterocycles. The highest BCUT2D eigenvalue weighted by atomic mass is 35.5. The lowest BCUT2D eigenvalue weighted by Crippen LogP contribution is -2.31. The first-order valence-electron chi connectivity index (χ1n) is 11.4. The quantitative estimate of drug-likeness (QED) is 0.363. The molecule has 0 amide bonds. The molecule has 1 saturated heterocycles. The van der Waals surface area contributed by atoms with Gasteiger partial charge < -0.3 is 20.7 Å². The van der Waals surface area contributed by atoms with Crippen molar-refractivity contribution in [2.45, 2.75) is 25.8 Å². The van der Waals surface area contributed by atoms with Gasteiger partial charge in [0, 0.05) is 41.0 Å². The van der Waals surface area contributed by atoms with Gasteiger partial charge in [-0.1, -0.05) is 17.7 Å². The predicted octanol–water partition coefficient (Wildman–Crippen LogP) is 4.12. The predicted molar refractivity (Wildman–Crippen MR) is 133 cm³/mol. The summed E-state index contributed by atoms with van der Waals surface area (Å²) in [5.41, 5.74) is 8.47. The number of nitrogens with one attached hydrogen (secondary N) is 2. The number of rotatable bonds is 7. The maximum Gasteiger partial charge on any atom is 0.319 e. The summed E-state index contributed by atoms with van der Waals surface area (Å²) in [7, 11) is 2.07. The van der Waals surface area contributed by atoms with Crippen molar-refractivity contribution in [1.29, 1.82) is 0 Å². The Balaban J connectivity index is 1.65. The van der Waals surface area contributed by atoms with Crippen molar-refractivity contribution in [2.24, 2.45) is 5.73 Å². The second-order valence-corrected chi connectivity index (χ2v) is 9.10. The van der Waals surface area contributed by atoms with Crippen molar-refractivity contribution in [3.8, 4) is 17.1 Å². The van der Waals surface area contributed by atoms with Gasteiger partial charge in [0.1, 0.15) is 17.9 Å². The van der Waals surface area contributed by atoms with Crippen molar-refractivity contribution in [3.63, 3.8) is 0 Å². The molecule has 0 saturated carbocycles. The second-order valence-electron chi connectivity index (χ2n) is 8.69. The van der Waals surface area contributed by atoms with Crippen molar-refractivity contribution in [3.05, 3.63) is 40.8 Å². The van der Waals surface area contributed by atoms with E-state index in [9.17, 15) is 0 Å². The van der Waals surface area contributed by atoms with Gasteiger partial charge >= 0.3 is 6.01 Å². The van der Waals surface area contributed by atoms with Gasteiger partial charge in [0.25, 0.3) is 0 Å². The number of halogens is 2. The number of benzene rings is 2. The third kappa shape index (κ3) is 4.04. The zero-order valence-corrected chi connectivity index (χ0v) is 19.9. The Bertz CT molecular complexity index is 1360. The molecule has 3 heterocycles. The molecule has 34 heavy (non-hydrogen) atoms. The third-order valence-corrected chi connectivity index (χ3v) is 6.76. The average Bonchev–Trinajstić information content (AvgIpc) is 3.46. The Labute approximate surface area is 201 Å². The van der Waals surface area contributed by atoms with E-state index in [1.807, 2.05) is 19.1 Å². The number of fused-ring (bicyclic) bond motifs is 2. The van der Waals surface area contributed by atoms with E-state index >= 15 is 4.39 Å². The minimum Gasteiger partial charge on any atom is -0.462 e. The van der Waals surface area contributed by atoms with Crippen LogP contribution in [-0.2, 0) is 0 Å². The molecule has 4 aromatic rings. The molecule has 1 unspecified atom stereocenters. The summed E-state index contributed by atoms with van der Waals surface area (Å²) >= 11 is 6.68. The van der Waals surface area contributed by atoms with Crippen LogP contribution in [0.25, 0.3) is 32.9 Å².